The number of para-hydroxylation sites is 3. The van der Waals surface area contributed by atoms with Gasteiger partial charge in [-0.2, -0.15) is 0 Å². The third-order valence-electron chi connectivity index (χ3n) is 12.0. The summed E-state index contributed by atoms with van der Waals surface area (Å²) in [6.07, 6.45) is 0. The lowest BCUT2D eigenvalue weighted by atomic mass is 9.99. The van der Waals surface area contributed by atoms with Gasteiger partial charge in [-0.3, -0.25) is 0 Å². The van der Waals surface area contributed by atoms with Gasteiger partial charge < -0.3 is 9.13 Å². The molecule has 0 aliphatic rings. The number of rotatable bonds is 7. The van der Waals surface area contributed by atoms with E-state index in [2.05, 4.69) is 197 Å². The maximum atomic E-state index is 5.31. The largest absolute Gasteiger partial charge is 0.309 e. The average Bonchev–Trinajstić information content (AvgIpc) is 3.87. The van der Waals surface area contributed by atoms with Crippen molar-refractivity contribution in [1.29, 1.82) is 0 Å². The molecule has 12 aromatic rings. The quantitative estimate of drug-likeness (QED) is 0.162. The highest BCUT2D eigenvalue weighted by molar-refractivity contribution is 6.12. The summed E-state index contributed by atoms with van der Waals surface area (Å²) in [7, 11) is 0. The highest BCUT2D eigenvalue weighted by Gasteiger charge is 2.21. The molecule has 0 N–H and O–H groups in total. The standard InChI is InChI=1S/C57H37N5/c1-5-17-38(18-6-1)41-29-33-53-48(35-41)46-26-14-16-28-51(46)62(53)54-34-31-43(42-30-32-52-47(36-42)45-25-13-15-27-50(45)61(52)44-23-11-4-12-24-44)37-49(54)57-59-55(39-19-7-2-8-20-39)58-56(60-57)40-21-9-3-10-22-40/h1-37H. The van der Waals surface area contributed by atoms with Crippen molar-refractivity contribution in [2.45, 2.75) is 0 Å². The summed E-state index contributed by atoms with van der Waals surface area (Å²) >= 11 is 0. The molecule has 0 saturated carbocycles. The molecule has 12 rings (SSSR count). The van der Waals surface area contributed by atoms with Crippen molar-refractivity contribution in [2.75, 3.05) is 0 Å². The predicted molar refractivity (Wildman–Crippen MR) is 256 cm³/mol. The predicted octanol–water partition coefficient (Wildman–Crippen LogP) is 14.4. The summed E-state index contributed by atoms with van der Waals surface area (Å²) in [5, 5.41) is 4.77. The van der Waals surface area contributed by atoms with E-state index in [-0.39, 0.29) is 0 Å². The molecule has 0 amide bonds. The van der Waals surface area contributed by atoms with Gasteiger partial charge in [0.2, 0.25) is 0 Å². The monoisotopic (exact) mass is 791 g/mol. The van der Waals surface area contributed by atoms with Crippen molar-refractivity contribution in [1.82, 2.24) is 24.1 Å². The van der Waals surface area contributed by atoms with E-state index in [1.165, 1.54) is 38.2 Å². The molecule has 0 bridgehead atoms. The number of nitrogens with zero attached hydrogens (tertiary/aromatic N) is 5. The average molecular weight is 792 g/mol. The zero-order chi connectivity index (χ0) is 41.0. The van der Waals surface area contributed by atoms with Crippen LogP contribution >= 0.6 is 0 Å². The van der Waals surface area contributed by atoms with E-state index < -0.39 is 0 Å². The summed E-state index contributed by atoms with van der Waals surface area (Å²) < 4.78 is 4.73. The van der Waals surface area contributed by atoms with Crippen LogP contribution in [0.4, 0.5) is 0 Å². The SMILES string of the molecule is c1ccc(-c2ccc3c(c2)c2ccccc2n3-c2ccc(-c3ccc4c(c3)c3ccccc3n4-c3ccccc3)cc2-c2nc(-c3ccccc3)nc(-c3ccccc3)n2)cc1. The van der Waals surface area contributed by atoms with E-state index in [1.807, 2.05) is 36.4 Å². The number of aromatic nitrogens is 5. The van der Waals surface area contributed by atoms with Crippen molar-refractivity contribution < 1.29 is 0 Å². The maximum Gasteiger partial charge on any atom is 0.166 e. The Kier molecular flexibility index (Phi) is 8.42. The highest BCUT2D eigenvalue weighted by Crippen LogP contribution is 2.41. The van der Waals surface area contributed by atoms with Crippen LogP contribution in [0.5, 0.6) is 0 Å². The molecular weight excluding hydrogens is 755 g/mol. The zero-order valence-electron chi connectivity index (χ0n) is 33.6. The first kappa shape index (κ1) is 35.5. The van der Waals surface area contributed by atoms with Crippen LogP contribution in [0.15, 0.2) is 224 Å². The van der Waals surface area contributed by atoms with Gasteiger partial charge in [0.25, 0.3) is 0 Å². The summed E-state index contributed by atoms with van der Waals surface area (Å²) in [4.78, 5) is 15.7. The number of hydrogen-bond donors (Lipinski definition) is 0. The molecule has 3 aromatic heterocycles. The van der Waals surface area contributed by atoms with E-state index in [0.29, 0.717) is 17.5 Å². The van der Waals surface area contributed by atoms with Crippen LogP contribution in [-0.2, 0) is 0 Å². The summed E-state index contributed by atoms with van der Waals surface area (Å²) in [6.45, 7) is 0. The Bertz CT molecular complexity index is 3550. The van der Waals surface area contributed by atoms with Crippen molar-refractivity contribution >= 4 is 43.6 Å². The van der Waals surface area contributed by atoms with Gasteiger partial charge in [-0.1, -0.05) is 164 Å². The highest BCUT2D eigenvalue weighted by atomic mass is 15.1. The van der Waals surface area contributed by atoms with Gasteiger partial charge in [-0.25, -0.2) is 15.0 Å². The van der Waals surface area contributed by atoms with Crippen LogP contribution in [0.3, 0.4) is 0 Å². The molecular formula is C57H37N5. The van der Waals surface area contributed by atoms with Crippen LogP contribution in [0.2, 0.25) is 0 Å². The third kappa shape index (κ3) is 5.98. The van der Waals surface area contributed by atoms with Crippen molar-refractivity contribution in [3.8, 4) is 67.8 Å². The lowest BCUT2D eigenvalue weighted by Crippen LogP contribution is -2.04. The van der Waals surface area contributed by atoms with Gasteiger partial charge in [0.15, 0.2) is 17.5 Å². The van der Waals surface area contributed by atoms with E-state index in [1.54, 1.807) is 0 Å². The minimum Gasteiger partial charge on any atom is -0.309 e. The molecule has 62 heavy (non-hydrogen) atoms. The minimum atomic E-state index is 0.600. The van der Waals surface area contributed by atoms with Gasteiger partial charge in [0, 0.05) is 43.9 Å². The Morgan fingerprint density at radius 2 is 0.661 bits per heavy atom. The normalized spacial score (nSPS) is 11.5. The Labute approximate surface area is 358 Å². The van der Waals surface area contributed by atoms with Crippen LogP contribution in [-0.4, -0.2) is 24.1 Å². The lowest BCUT2D eigenvalue weighted by Gasteiger charge is -2.16. The molecule has 0 aliphatic heterocycles. The Hall–Kier alpha value is -8.41. The second-order valence-corrected chi connectivity index (χ2v) is 15.6. The van der Waals surface area contributed by atoms with E-state index in [4.69, 9.17) is 15.0 Å². The van der Waals surface area contributed by atoms with Gasteiger partial charge in [0.1, 0.15) is 0 Å². The smallest absolute Gasteiger partial charge is 0.166 e. The fraction of sp³-hybridized carbons (Fsp3) is 0. The van der Waals surface area contributed by atoms with Crippen LogP contribution < -0.4 is 0 Å². The molecule has 0 radical (unpaired) electrons. The van der Waals surface area contributed by atoms with Crippen LogP contribution in [0.25, 0.3) is 111 Å². The van der Waals surface area contributed by atoms with Crippen LogP contribution in [0.1, 0.15) is 0 Å². The summed E-state index contributed by atoms with van der Waals surface area (Å²) in [6, 6.07) is 79.3. The Balaban J connectivity index is 1.12. The van der Waals surface area contributed by atoms with Gasteiger partial charge >= 0.3 is 0 Å². The first-order valence-electron chi connectivity index (χ1n) is 20.9. The van der Waals surface area contributed by atoms with Crippen molar-refractivity contribution in [3.63, 3.8) is 0 Å². The maximum absolute atomic E-state index is 5.31. The lowest BCUT2D eigenvalue weighted by molar-refractivity contribution is 1.06. The van der Waals surface area contributed by atoms with Crippen LogP contribution in [0, 0.1) is 0 Å². The second kappa shape index (κ2) is 14.7. The Morgan fingerprint density at radius 3 is 1.24 bits per heavy atom. The van der Waals surface area contributed by atoms with Crippen molar-refractivity contribution in [3.05, 3.63) is 224 Å². The fourth-order valence-corrected chi connectivity index (χ4v) is 9.07. The van der Waals surface area contributed by atoms with E-state index in [9.17, 15) is 0 Å². The molecule has 0 atom stereocenters. The molecule has 290 valence electrons. The number of benzene rings is 9. The van der Waals surface area contributed by atoms with Gasteiger partial charge in [0.05, 0.1) is 27.8 Å². The van der Waals surface area contributed by atoms with Gasteiger partial charge in [-0.15, -0.1) is 0 Å². The van der Waals surface area contributed by atoms with Gasteiger partial charge in [-0.05, 0) is 82.9 Å². The number of hydrogen-bond acceptors (Lipinski definition) is 3. The fourth-order valence-electron chi connectivity index (χ4n) is 9.07. The van der Waals surface area contributed by atoms with E-state index in [0.717, 1.165) is 55.7 Å². The van der Waals surface area contributed by atoms with Crippen molar-refractivity contribution in [2.24, 2.45) is 0 Å². The molecule has 5 heteroatoms. The first-order chi connectivity index (χ1) is 30.7. The molecule has 0 saturated heterocycles. The van der Waals surface area contributed by atoms with E-state index >= 15 is 0 Å². The molecule has 0 spiro atoms. The first-order valence-corrected chi connectivity index (χ1v) is 20.9. The second-order valence-electron chi connectivity index (χ2n) is 15.6. The summed E-state index contributed by atoms with van der Waals surface area (Å²) in [5.74, 6) is 1.84. The summed E-state index contributed by atoms with van der Waals surface area (Å²) in [5.41, 5.74) is 14.0. The minimum absolute atomic E-state index is 0.600. The molecule has 5 nitrogen and oxygen atoms in total. The third-order valence-corrected chi connectivity index (χ3v) is 12.0. The molecule has 0 aliphatic carbocycles. The zero-order valence-corrected chi connectivity index (χ0v) is 33.6. The molecule has 0 unspecified atom stereocenters. The molecule has 3 heterocycles. The topological polar surface area (TPSA) is 48.5 Å². The molecule has 0 fully saturated rings. The molecule has 9 aromatic carbocycles. The Morgan fingerprint density at radius 1 is 0.258 bits per heavy atom. The number of fused-ring (bicyclic) bond motifs is 6.